The van der Waals surface area contributed by atoms with Gasteiger partial charge in [-0.3, -0.25) is 4.79 Å². The zero-order valence-electron chi connectivity index (χ0n) is 9.83. The number of nitrogens with one attached hydrogen (secondary N) is 1. The molecule has 3 atom stereocenters. The molecule has 0 spiro atoms. The van der Waals surface area contributed by atoms with E-state index in [0.717, 1.165) is 19.4 Å². The van der Waals surface area contributed by atoms with Gasteiger partial charge in [0, 0.05) is 12.1 Å². The summed E-state index contributed by atoms with van der Waals surface area (Å²) in [6.45, 7) is 5.37. The van der Waals surface area contributed by atoms with Crippen molar-refractivity contribution in [1.82, 2.24) is 10.2 Å². The molecule has 3 unspecified atom stereocenters. The van der Waals surface area contributed by atoms with Crippen molar-refractivity contribution in [1.29, 1.82) is 0 Å². The minimum Gasteiger partial charge on any atom is -0.336 e. The van der Waals surface area contributed by atoms with Gasteiger partial charge in [-0.25, -0.2) is 0 Å². The average Bonchev–Trinajstić information content (AvgIpc) is 2.69. The number of hydrogen-bond donors (Lipinski definition) is 1. The van der Waals surface area contributed by atoms with Crippen LogP contribution >= 0.6 is 0 Å². The molecule has 3 nitrogen and oxygen atoms in total. The van der Waals surface area contributed by atoms with E-state index in [1.54, 1.807) is 0 Å². The van der Waals surface area contributed by atoms with Crippen LogP contribution in [0.4, 0.5) is 0 Å². The van der Waals surface area contributed by atoms with Gasteiger partial charge in [0.25, 0.3) is 0 Å². The highest BCUT2D eigenvalue weighted by Crippen LogP contribution is 2.24. The molecule has 0 aromatic heterocycles. The van der Waals surface area contributed by atoms with E-state index in [4.69, 9.17) is 0 Å². The lowest BCUT2D eigenvalue weighted by atomic mass is 9.96. The molecule has 0 aromatic rings. The van der Waals surface area contributed by atoms with Crippen molar-refractivity contribution in [3.8, 4) is 0 Å². The number of rotatable bonds is 1. The topological polar surface area (TPSA) is 32.3 Å². The number of amides is 1. The summed E-state index contributed by atoms with van der Waals surface area (Å²) in [5, 5.41) is 3.30. The van der Waals surface area contributed by atoms with Crippen molar-refractivity contribution >= 4 is 5.91 Å². The third-order valence-corrected chi connectivity index (χ3v) is 3.81. The second-order valence-corrected chi connectivity index (χ2v) is 5.02. The molecular weight excluding hydrogens is 188 g/mol. The predicted octanol–water partition coefficient (Wildman–Crippen LogP) is 1.53. The molecular formula is C12H22N2O. The molecule has 0 radical (unpaired) electrons. The van der Waals surface area contributed by atoms with Gasteiger partial charge in [0.2, 0.25) is 5.91 Å². The maximum Gasteiger partial charge on any atom is 0.240 e. The van der Waals surface area contributed by atoms with Crippen molar-refractivity contribution in [3.05, 3.63) is 0 Å². The standard InChI is InChI=1S/C12H22N2O/c1-9-5-3-6-10(2)14(9)12(15)11-7-4-8-13-11/h9-11,13H,3-8H2,1-2H3. The second-order valence-electron chi connectivity index (χ2n) is 5.02. The zero-order chi connectivity index (χ0) is 10.8. The van der Waals surface area contributed by atoms with Gasteiger partial charge in [-0.05, 0) is 52.5 Å². The van der Waals surface area contributed by atoms with Crippen LogP contribution in [0.15, 0.2) is 0 Å². The monoisotopic (exact) mass is 210 g/mol. The van der Waals surface area contributed by atoms with E-state index in [1.807, 2.05) is 0 Å². The van der Waals surface area contributed by atoms with E-state index in [2.05, 4.69) is 24.1 Å². The summed E-state index contributed by atoms with van der Waals surface area (Å²) >= 11 is 0. The van der Waals surface area contributed by atoms with E-state index >= 15 is 0 Å². The molecule has 1 amide bonds. The number of likely N-dealkylation sites (tertiary alicyclic amines) is 1. The van der Waals surface area contributed by atoms with Crippen molar-refractivity contribution in [2.45, 2.75) is 64.1 Å². The van der Waals surface area contributed by atoms with E-state index in [0.29, 0.717) is 18.0 Å². The third-order valence-electron chi connectivity index (χ3n) is 3.81. The Morgan fingerprint density at radius 2 is 1.80 bits per heavy atom. The van der Waals surface area contributed by atoms with Crippen molar-refractivity contribution in [2.75, 3.05) is 6.54 Å². The maximum atomic E-state index is 12.3. The minimum atomic E-state index is 0.105. The van der Waals surface area contributed by atoms with Crippen molar-refractivity contribution < 1.29 is 4.79 Å². The summed E-state index contributed by atoms with van der Waals surface area (Å²) in [5.74, 6) is 0.340. The maximum absolute atomic E-state index is 12.3. The summed E-state index contributed by atoms with van der Waals surface area (Å²) in [5.41, 5.74) is 0. The highest BCUT2D eigenvalue weighted by Gasteiger charge is 2.34. The second kappa shape index (κ2) is 4.52. The fraction of sp³-hybridized carbons (Fsp3) is 0.917. The highest BCUT2D eigenvalue weighted by molar-refractivity contribution is 5.82. The minimum absolute atomic E-state index is 0.105. The molecule has 2 rings (SSSR count). The van der Waals surface area contributed by atoms with Crippen LogP contribution in [0.3, 0.4) is 0 Å². The Kier molecular flexibility index (Phi) is 3.29. The Bertz CT molecular complexity index is 226. The van der Waals surface area contributed by atoms with Crippen molar-refractivity contribution in [2.24, 2.45) is 0 Å². The molecule has 1 N–H and O–H groups in total. The van der Waals surface area contributed by atoms with Gasteiger partial charge in [0.05, 0.1) is 6.04 Å². The van der Waals surface area contributed by atoms with Gasteiger partial charge < -0.3 is 10.2 Å². The van der Waals surface area contributed by atoms with Gasteiger partial charge in [0.1, 0.15) is 0 Å². The zero-order valence-corrected chi connectivity index (χ0v) is 9.83. The number of carbonyl (C=O) groups excluding carboxylic acids is 1. The molecule has 2 saturated heterocycles. The Morgan fingerprint density at radius 1 is 1.13 bits per heavy atom. The molecule has 15 heavy (non-hydrogen) atoms. The van der Waals surface area contributed by atoms with Crippen LogP contribution in [0, 0.1) is 0 Å². The lowest BCUT2D eigenvalue weighted by Gasteiger charge is -2.40. The molecule has 0 saturated carbocycles. The van der Waals surface area contributed by atoms with Crippen molar-refractivity contribution in [3.63, 3.8) is 0 Å². The molecule has 0 aliphatic carbocycles. The first-order chi connectivity index (χ1) is 7.20. The number of hydrogen-bond acceptors (Lipinski definition) is 2. The Morgan fingerprint density at radius 3 is 2.33 bits per heavy atom. The molecule has 2 aliphatic heterocycles. The molecule has 2 heterocycles. The van der Waals surface area contributed by atoms with E-state index < -0.39 is 0 Å². The van der Waals surface area contributed by atoms with E-state index in [1.165, 1.54) is 19.3 Å². The van der Waals surface area contributed by atoms with Gasteiger partial charge >= 0.3 is 0 Å². The van der Waals surface area contributed by atoms with Gasteiger partial charge in [-0.1, -0.05) is 0 Å². The average molecular weight is 210 g/mol. The van der Waals surface area contributed by atoms with Crippen LogP contribution in [0.2, 0.25) is 0 Å². The first-order valence-electron chi connectivity index (χ1n) is 6.25. The van der Waals surface area contributed by atoms with Crippen LogP contribution in [0.5, 0.6) is 0 Å². The van der Waals surface area contributed by atoms with E-state index in [9.17, 15) is 4.79 Å². The van der Waals surface area contributed by atoms with Gasteiger partial charge in [0.15, 0.2) is 0 Å². The predicted molar refractivity (Wildman–Crippen MR) is 60.6 cm³/mol. The lowest BCUT2D eigenvalue weighted by molar-refractivity contribution is -0.139. The Balaban J connectivity index is 2.02. The summed E-state index contributed by atoms with van der Waals surface area (Å²) in [6.07, 6.45) is 5.78. The van der Waals surface area contributed by atoms with Crippen LogP contribution in [-0.2, 0) is 4.79 Å². The lowest BCUT2D eigenvalue weighted by Crippen LogP contribution is -2.53. The number of carbonyl (C=O) groups is 1. The van der Waals surface area contributed by atoms with Gasteiger partial charge in [-0.2, -0.15) is 0 Å². The largest absolute Gasteiger partial charge is 0.336 e. The molecule has 2 fully saturated rings. The van der Waals surface area contributed by atoms with Crippen LogP contribution in [-0.4, -0.2) is 35.5 Å². The normalized spacial score (nSPS) is 36.9. The van der Waals surface area contributed by atoms with E-state index in [-0.39, 0.29) is 6.04 Å². The summed E-state index contributed by atoms with van der Waals surface area (Å²) < 4.78 is 0. The number of nitrogens with zero attached hydrogens (tertiary/aromatic N) is 1. The van der Waals surface area contributed by atoms with Crippen LogP contribution in [0.1, 0.15) is 46.0 Å². The third kappa shape index (κ3) is 2.17. The quantitative estimate of drug-likeness (QED) is 0.712. The first-order valence-corrected chi connectivity index (χ1v) is 6.25. The number of piperidine rings is 1. The fourth-order valence-corrected chi connectivity index (χ4v) is 2.93. The fourth-order valence-electron chi connectivity index (χ4n) is 2.93. The summed E-state index contributed by atoms with van der Waals surface area (Å²) in [6, 6.07) is 0.972. The first kappa shape index (κ1) is 10.9. The SMILES string of the molecule is CC1CCCC(C)N1C(=O)C1CCCN1. The van der Waals surface area contributed by atoms with Crippen LogP contribution < -0.4 is 5.32 Å². The van der Waals surface area contributed by atoms with Crippen LogP contribution in [0.25, 0.3) is 0 Å². The smallest absolute Gasteiger partial charge is 0.240 e. The van der Waals surface area contributed by atoms with Gasteiger partial charge in [-0.15, -0.1) is 0 Å². The highest BCUT2D eigenvalue weighted by atomic mass is 16.2. The summed E-state index contributed by atoms with van der Waals surface area (Å²) in [7, 11) is 0. The Hall–Kier alpha value is -0.570. The molecule has 0 bridgehead atoms. The Labute approximate surface area is 92.2 Å². The summed E-state index contributed by atoms with van der Waals surface area (Å²) in [4.78, 5) is 14.4. The molecule has 2 aliphatic rings. The molecule has 86 valence electrons. The molecule has 3 heteroatoms. The molecule has 0 aromatic carbocycles.